The molecule has 0 spiro atoms. The van der Waals surface area contributed by atoms with Crippen molar-refractivity contribution in [1.82, 2.24) is 4.90 Å². The maximum Gasteiger partial charge on any atom is 0.315 e. The van der Waals surface area contributed by atoms with Gasteiger partial charge in [-0.3, -0.25) is 14.5 Å². The lowest BCUT2D eigenvalue weighted by Gasteiger charge is -2.40. The molecular weight excluding hydrogens is 416 g/mol. The molecule has 0 aliphatic carbocycles. The molecular formula is C21H20ClF2N3O3. The number of esters is 1. The van der Waals surface area contributed by atoms with Crippen molar-refractivity contribution in [1.29, 1.82) is 0 Å². The average molecular weight is 436 g/mol. The summed E-state index contributed by atoms with van der Waals surface area (Å²) in [5.41, 5.74) is 1.79. The van der Waals surface area contributed by atoms with E-state index in [0.717, 1.165) is 5.56 Å². The number of halogens is 3. The topological polar surface area (TPSA) is 61.9 Å². The van der Waals surface area contributed by atoms with Crippen LogP contribution in [-0.2, 0) is 16.0 Å². The zero-order valence-corrected chi connectivity index (χ0v) is 17.0. The monoisotopic (exact) mass is 435 g/mol. The summed E-state index contributed by atoms with van der Waals surface area (Å²) >= 11 is 5.56. The Morgan fingerprint density at radius 2 is 1.97 bits per heavy atom. The Bertz CT molecular complexity index is 994. The quantitative estimate of drug-likeness (QED) is 0.454. The zero-order valence-electron chi connectivity index (χ0n) is 16.3. The molecule has 1 fully saturated rings. The van der Waals surface area contributed by atoms with Gasteiger partial charge < -0.3 is 15.0 Å². The number of nitrogens with one attached hydrogen (secondary N) is 1. The number of hydrogen-bond acceptors (Lipinski definition) is 5. The largest absolute Gasteiger partial charge is 0.426 e. The highest BCUT2D eigenvalue weighted by atomic mass is 35.5. The second-order valence-electron chi connectivity index (χ2n) is 7.51. The van der Waals surface area contributed by atoms with E-state index in [9.17, 15) is 18.4 Å². The molecule has 4 rings (SSSR count). The number of nitrogens with zero attached hydrogens (tertiary/aromatic N) is 2. The fourth-order valence-corrected chi connectivity index (χ4v) is 3.87. The van der Waals surface area contributed by atoms with Crippen molar-refractivity contribution in [3.05, 3.63) is 52.6 Å². The Kier molecular flexibility index (Phi) is 5.62. The van der Waals surface area contributed by atoms with Crippen LogP contribution in [0.5, 0.6) is 5.75 Å². The summed E-state index contributed by atoms with van der Waals surface area (Å²) in [5, 5.41) is 2.31. The maximum atomic E-state index is 13.8. The van der Waals surface area contributed by atoms with Gasteiger partial charge in [0, 0.05) is 48.7 Å². The molecule has 2 aromatic rings. The van der Waals surface area contributed by atoms with Crippen molar-refractivity contribution in [2.75, 3.05) is 36.4 Å². The van der Waals surface area contributed by atoms with Crippen LogP contribution in [0.25, 0.3) is 0 Å². The molecule has 1 atom stereocenters. The first-order valence-corrected chi connectivity index (χ1v) is 9.95. The van der Waals surface area contributed by atoms with Gasteiger partial charge >= 0.3 is 5.97 Å². The predicted molar refractivity (Wildman–Crippen MR) is 109 cm³/mol. The van der Waals surface area contributed by atoms with E-state index in [-0.39, 0.29) is 30.9 Å². The summed E-state index contributed by atoms with van der Waals surface area (Å²) in [7, 11) is 0. The maximum absolute atomic E-state index is 13.8. The van der Waals surface area contributed by atoms with Crippen molar-refractivity contribution in [2.24, 2.45) is 0 Å². The van der Waals surface area contributed by atoms with Gasteiger partial charge in [-0.1, -0.05) is 17.7 Å². The van der Waals surface area contributed by atoms with Gasteiger partial charge in [0.2, 0.25) is 5.91 Å². The van der Waals surface area contributed by atoms with E-state index in [1.807, 2.05) is 16.7 Å². The minimum absolute atomic E-state index is 0.00715. The Morgan fingerprint density at radius 1 is 1.23 bits per heavy atom. The van der Waals surface area contributed by atoms with Gasteiger partial charge in [-0.2, -0.15) is 0 Å². The molecule has 0 aromatic heterocycles. The number of carbonyl (C=O) groups excluding carboxylic acids is 2. The lowest BCUT2D eigenvalue weighted by Crippen LogP contribution is -2.53. The van der Waals surface area contributed by atoms with Crippen LogP contribution in [0.2, 0.25) is 5.02 Å². The number of fused-ring (bicyclic) bond motifs is 1. The lowest BCUT2D eigenvalue weighted by molar-refractivity contribution is -0.131. The second-order valence-corrected chi connectivity index (χ2v) is 7.89. The van der Waals surface area contributed by atoms with E-state index in [2.05, 4.69) is 5.32 Å². The molecule has 1 N–H and O–H groups in total. The van der Waals surface area contributed by atoms with Gasteiger partial charge in [-0.15, -0.1) is 0 Å². The molecule has 0 bridgehead atoms. The molecule has 2 aliphatic rings. The van der Waals surface area contributed by atoms with Crippen LogP contribution in [0.1, 0.15) is 12.5 Å². The fraction of sp³-hybridized carbons (Fsp3) is 0.333. The van der Waals surface area contributed by atoms with Gasteiger partial charge in [0.15, 0.2) is 0 Å². The highest BCUT2D eigenvalue weighted by molar-refractivity contribution is 6.31. The third-order valence-electron chi connectivity index (χ3n) is 5.36. The predicted octanol–water partition coefficient (Wildman–Crippen LogP) is 3.23. The standard InChI is InChI=1S/C21H20ClF2N3O3/c1-12-10-27(15-8-16(23)21(22)17(24)9-15)5-4-26(12)11-19(28)25-14-3-2-13-6-20(29)30-18(13)7-14/h2-3,7-9,12H,4-6,10-11H2,1H3,(H,25,28)/t12-/m1/s1. The first-order chi connectivity index (χ1) is 14.3. The van der Waals surface area contributed by atoms with Crippen molar-refractivity contribution in [3.63, 3.8) is 0 Å². The molecule has 1 saturated heterocycles. The van der Waals surface area contributed by atoms with Gasteiger partial charge in [0.05, 0.1) is 13.0 Å². The number of hydrogen-bond donors (Lipinski definition) is 1. The van der Waals surface area contributed by atoms with Crippen LogP contribution in [0.15, 0.2) is 30.3 Å². The molecule has 30 heavy (non-hydrogen) atoms. The van der Waals surface area contributed by atoms with Crippen LogP contribution < -0.4 is 15.0 Å². The van der Waals surface area contributed by atoms with E-state index in [4.69, 9.17) is 16.3 Å². The van der Waals surface area contributed by atoms with Crippen LogP contribution >= 0.6 is 11.6 Å². The van der Waals surface area contributed by atoms with Gasteiger partial charge in [-0.25, -0.2) is 8.78 Å². The van der Waals surface area contributed by atoms with Crippen LogP contribution in [0.4, 0.5) is 20.2 Å². The van der Waals surface area contributed by atoms with Gasteiger partial charge in [-0.05, 0) is 25.1 Å². The second kappa shape index (κ2) is 8.20. The lowest BCUT2D eigenvalue weighted by atomic mass is 10.1. The molecule has 2 aliphatic heterocycles. The molecule has 1 amide bonds. The fourth-order valence-electron chi connectivity index (χ4n) is 3.76. The number of carbonyl (C=O) groups is 2. The third-order valence-corrected chi connectivity index (χ3v) is 5.72. The average Bonchev–Trinajstić information content (AvgIpc) is 3.06. The van der Waals surface area contributed by atoms with Crippen LogP contribution in [-0.4, -0.2) is 49.0 Å². The van der Waals surface area contributed by atoms with Crippen molar-refractivity contribution in [2.45, 2.75) is 19.4 Å². The molecule has 9 heteroatoms. The molecule has 2 aromatic carbocycles. The van der Waals surface area contributed by atoms with E-state index < -0.39 is 16.7 Å². The zero-order chi connectivity index (χ0) is 21.4. The SMILES string of the molecule is C[C@@H]1CN(c2cc(F)c(Cl)c(F)c2)CCN1CC(=O)Nc1ccc2c(c1)OC(=O)C2. The summed E-state index contributed by atoms with van der Waals surface area (Å²) in [6, 6.07) is 7.59. The Hall–Kier alpha value is -2.71. The van der Waals surface area contributed by atoms with Gasteiger partial charge in [0.1, 0.15) is 22.4 Å². The summed E-state index contributed by atoms with van der Waals surface area (Å²) < 4.78 is 32.6. The minimum Gasteiger partial charge on any atom is -0.426 e. The first kappa shape index (κ1) is 20.6. The van der Waals surface area contributed by atoms with Gasteiger partial charge in [0.25, 0.3) is 0 Å². The summed E-state index contributed by atoms with van der Waals surface area (Å²) in [6.45, 7) is 3.73. The Morgan fingerprint density at radius 3 is 2.67 bits per heavy atom. The highest BCUT2D eigenvalue weighted by Gasteiger charge is 2.27. The van der Waals surface area contributed by atoms with E-state index in [1.165, 1.54) is 12.1 Å². The van der Waals surface area contributed by atoms with Crippen molar-refractivity contribution >= 4 is 34.9 Å². The minimum atomic E-state index is -0.791. The smallest absolute Gasteiger partial charge is 0.315 e. The van der Waals surface area contributed by atoms with Crippen molar-refractivity contribution < 1.29 is 23.1 Å². The molecule has 158 valence electrons. The molecule has 2 heterocycles. The normalized spacial score (nSPS) is 18.9. The van der Waals surface area contributed by atoms with E-state index >= 15 is 0 Å². The first-order valence-electron chi connectivity index (χ1n) is 9.57. The number of benzene rings is 2. The van der Waals surface area contributed by atoms with Crippen LogP contribution in [0, 0.1) is 11.6 Å². The highest BCUT2D eigenvalue weighted by Crippen LogP contribution is 2.29. The van der Waals surface area contributed by atoms with Crippen LogP contribution in [0.3, 0.4) is 0 Å². The van der Waals surface area contributed by atoms with E-state index in [1.54, 1.807) is 18.2 Å². The summed E-state index contributed by atoms with van der Waals surface area (Å²) in [5.74, 6) is -1.60. The number of ether oxygens (including phenoxy) is 1. The summed E-state index contributed by atoms with van der Waals surface area (Å²) in [6.07, 6.45) is 0.243. The summed E-state index contributed by atoms with van der Waals surface area (Å²) in [4.78, 5) is 27.7. The third kappa shape index (κ3) is 4.24. The van der Waals surface area contributed by atoms with E-state index in [0.29, 0.717) is 36.8 Å². The molecule has 0 unspecified atom stereocenters. The number of piperazine rings is 1. The number of anilines is 2. The molecule has 6 nitrogen and oxygen atoms in total. The molecule has 0 radical (unpaired) electrons. The Balaban J connectivity index is 1.35. The number of rotatable bonds is 4. The number of amides is 1. The van der Waals surface area contributed by atoms with Crippen molar-refractivity contribution in [3.8, 4) is 5.75 Å². The molecule has 0 saturated carbocycles. The Labute approximate surface area is 177 Å².